The van der Waals surface area contributed by atoms with Gasteiger partial charge in [0.2, 0.25) is 0 Å². The van der Waals surface area contributed by atoms with E-state index in [2.05, 4.69) is 9.93 Å². The molecule has 0 unspecified atom stereocenters. The highest BCUT2D eigenvalue weighted by Gasteiger charge is 2.14. The maximum Gasteiger partial charge on any atom is 0.345 e. The summed E-state index contributed by atoms with van der Waals surface area (Å²) < 4.78 is 29.7. The van der Waals surface area contributed by atoms with Crippen molar-refractivity contribution in [2.75, 3.05) is 0 Å². The lowest BCUT2D eigenvalue weighted by Gasteiger charge is -2.07. The van der Waals surface area contributed by atoms with Crippen molar-refractivity contribution in [1.82, 2.24) is 4.83 Å². The van der Waals surface area contributed by atoms with Crippen molar-refractivity contribution in [2.24, 2.45) is 5.10 Å². The van der Waals surface area contributed by atoms with Gasteiger partial charge in [0.05, 0.1) is 21.7 Å². The van der Waals surface area contributed by atoms with Crippen molar-refractivity contribution in [3.8, 4) is 5.75 Å². The maximum atomic E-state index is 12.3. The molecule has 0 aliphatic rings. The molecule has 0 radical (unpaired) electrons. The summed E-state index contributed by atoms with van der Waals surface area (Å²) in [6.45, 7) is 0. The first-order valence-electron chi connectivity index (χ1n) is 8.32. The lowest BCUT2D eigenvalue weighted by atomic mass is 10.2. The number of hydrogen-bond acceptors (Lipinski definition) is 5. The van der Waals surface area contributed by atoms with Crippen molar-refractivity contribution < 1.29 is 17.9 Å². The third-order valence-electron chi connectivity index (χ3n) is 3.73. The van der Waals surface area contributed by atoms with Gasteiger partial charge in [-0.05, 0) is 60.2 Å². The van der Waals surface area contributed by atoms with E-state index in [1.807, 2.05) is 0 Å². The molecular weight excluding hydrogens is 471 g/mol. The second-order valence-electron chi connectivity index (χ2n) is 5.89. The van der Waals surface area contributed by atoms with E-state index in [-0.39, 0.29) is 21.2 Å². The number of rotatable bonds is 6. The molecule has 154 valence electrons. The van der Waals surface area contributed by atoms with Gasteiger partial charge in [-0.15, -0.1) is 0 Å². The Morgan fingerprint density at radius 2 is 1.63 bits per heavy atom. The molecule has 0 saturated carbocycles. The van der Waals surface area contributed by atoms with Crippen LogP contribution in [0.15, 0.2) is 76.7 Å². The average molecular weight is 484 g/mol. The van der Waals surface area contributed by atoms with Crippen LogP contribution < -0.4 is 9.57 Å². The summed E-state index contributed by atoms with van der Waals surface area (Å²) in [4.78, 5) is 14.4. The fraction of sp³-hybridized carbons (Fsp3) is 0. The molecule has 0 bridgehead atoms. The Labute approximate surface area is 188 Å². The number of nitrogens with one attached hydrogen (secondary N) is 1. The van der Waals surface area contributed by atoms with Gasteiger partial charge in [0, 0.05) is 10.0 Å². The molecule has 3 aromatic carbocycles. The van der Waals surface area contributed by atoms with Crippen molar-refractivity contribution in [1.29, 1.82) is 0 Å². The summed E-state index contributed by atoms with van der Waals surface area (Å²) in [6, 6.07) is 16.4. The largest absolute Gasteiger partial charge is 0.423 e. The van der Waals surface area contributed by atoms with Crippen LogP contribution in [0.25, 0.3) is 0 Å². The zero-order chi connectivity index (χ0) is 21.7. The molecule has 0 aliphatic carbocycles. The van der Waals surface area contributed by atoms with Crippen molar-refractivity contribution in [3.63, 3.8) is 0 Å². The molecule has 0 heterocycles. The van der Waals surface area contributed by atoms with Gasteiger partial charge >= 0.3 is 5.97 Å². The van der Waals surface area contributed by atoms with Gasteiger partial charge in [-0.2, -0.15) is 13.5 Å². The van der Waals surface area contributed by atoms with Crippen LogP contribution in [-0.4, -0.2) is 20.6 Å². The van der Waals surface area contributed by atoms with E-state index in [0.29, 0.717) is 15.6 Å². The highest BCUT2D eigenvalue weighted by molar-refractivity contribution is 7.89. The molecule has 1 N–H and O–H groups in total. The number of sulfonamides is 1. The van der Waals surface area contributed by atoms with Crippen LogP contribution in [-0.2, 0) is 10.0 Å². The molecule has 0 atom stereocenters. The van der Waals surface area contributed by atoms with Crippen molar-refractivity contribution in [3.05, 3.63) is 92.9 Å². The van der Waals surface area contributed by atoms with Crippen molar-refractivity contribution >= 4 is 57.0 Å². The summed E-state index contributed by atoms with van der Waals surface area (Å²) in [7, 11) is -3.84. The smallest absolute Gasteiger partial charge is 0.345 e. The number of hydrazone groups is 1. The molecular formula is C20H13Cl3N2O4S. The summed E-state index contributed by atoms with van der Waals surface area (Å²) >= 11 is 17.6. The van der Waals surface area contributed by atoms with Gasteiger partial charge in [0.1, 0.15) is 5.75 Å². The average Bonchev–Trinajstić information content (AvgIpc) is 2.68. The summed E-state index contributed by atoms with van der Waals surface area (Å²) in [6.07, 6.45) is 1.28. The predicted octanol–water partition coefficient (Wildman–Crippen LogP) is 5.18. The molecule has 6 nitrogen and oxygen atoms in total. The lowest BCUT2D eigenvalue weighted by molar-refractivity contribution is 0.0735. The fourth-order valence-electron chi connectivity index (χ4n) is 2.31. The number of nitrogens with zero attached hydrogens (tertiary/aromatic N) is 1. The monoisotopic (exact) mass is 482 g/mol. The zero-order valence-corrected chi connectivity index (χ0v) is 18.1. The van der Waals surface area contributed by atoms with Crippen LogP contribution in [0.2, 0.25) is 15.1 Å². The molecule has 0 aliphatic heterocycles. The van der Waals surface area contributed by atoms with Crippen LogP contribution >= 0.6 is 34.8 Å². The zero-order valence-electron chi connectivity index (χ0n) is 15.1. The summed E-state index contributed by atoms with van der Waals surface area (Å²) in [5.74, 6) is -0.426. The highest BCUT2D eigenvalue weighted by atomic mass is 35.5. The Balaban J connectivity index is 1.69. The van der Waals surface area contributed by atoms with Gasteiger partial charge in [-0.1, -0.05) is 46.9 Å². The van der Waals surface area contributed by atoms with Crippen LogP contribution in [0.5, 0.6) is 5.75 Å². The van der Waals surface area contributed by atoms with E-state index < -0.39 is 16.0 Å². The van der Waals surface area contributed by atoms with E-state index in [0.717, 1.165) is 0 Å². The first-order valence-corrected chi connectivity index (χ1v) is 10.9. The van der Waals surface area contributed by atoms with Crippen LogP contribution in [0.1, 0.15) is 15.9 Å². The van der Waals surface area contributed by atoms with E-state index in [1.54, 1.807) is 18.2 Å². The first kappa shape index (κ1) is 22.1. The summed E-state index contributed by atoms with van der Waals surface area (Å²) in [5, 5.41) is 4.73. The number of halogens is 3. The Hall–Kier alpha value is -2.58. The quantitative estimate of drug-likeness (QED) is 0.227. The standard InChI is InChI=1S/C20H13Cl3N2O4S/c21-14-4-7-17(8-5-14)30(27,28)25-24-12-13-2-1-3-16(10-13)29-20(26)18-9-6-15(22)11-19(18)23/h1-12,25H/b24-12+. The van der Waals surface area contributed by atoms with Gasteiger partial charge in [-0.3, -0.25) is 0 Å². The summed E-state index contributed by atoms with van der Waals surface area (Å²) in [5.41, 5.74) is 0.664. The topological polar surface area (TPSA) is 84.8 Å². The molecule has 30 heavy (non-hydrogen) atoms. The molecule has 0 spiro atoms. The highest BCUT2D eigenvalue weighted by Crippen LogP contribution is 2.23. The number of hydrogen-bond donors (Lipinski definition) is 1. The minimum atomic E-state index is -3.84. The Kier molecular flexibility index (Phi) is 6.99. The minimum Gasteiger partial charge on any atom is -0.423 e. The Morgan fingerprint density at radius 3 is 2.33 bits per heavy atom. The van der Waals surface area contributed by atoms with Gasteiger partial charge in [0.25, 0.3) is 10.0 Å². The first-order chi connectivity index (χ1) is 14.2. The molecule has 10 heteroatoms. The van der Waals surface area contributed by atoms with Gasteiger partial charge in [0.15, 0.2) is 0 Å². The second kappa shape index (κ2) is 9.49. The van der Waals surface area contributed by atoms with Crippen molar-refractivity contribution in [2.45, 2.75) is 4.90 Å². The third-order valence-corrected chi connectivity index (χ3v) is 5.77. The molecule has 0 fully saturated rings. The number of carbonyl (C=O) groups excluding carboxylic acids is 1. The second-order valence-corrected chi connectivity index (χ2v) is 8.83. The predicted molar refractivity (Wildman–Crippen MR) is 117 cm³/mol. The molecule has 0 aromatic heterocycles. The van der Waals surface area contributed by atoms with Crippen LogP contribution in [0, 0.1) is 0 Å². The third kappa shape index (κ3) is 5.73. The molecule has 3 rings (SSSR count). The Morgan fingerprint density at radius 1 is 0.933 bits per heavy atom. The number of ether oxygens (including phenoxy) is 1. The lowest BCUT2D eigenvalue weighted by Crippen LogP contribution is -2.18. The fourth-order valence-corrected chi connectivity index (χ4v) is 3.72. The van der Waals surface area contributed by atoms with E-state index in [9.17, 15) is 13.2 Å². The minimum absolute atomic E-state index is 0.0200. The van der Waals surface area contributed by atoms with Gasteiger partial charge < -0.3 is 4.74 Å². The van der Waals surface area contributed by atoms with E-state index in [1.165, 1.54) is 54.7 Å². The number of carbonyl (C=O) groups is 1. The van der Waals surface area contributed by atoms with E-state index >= 15 is 0 Å². The molecule has 0 amide bonds. The van der Waals surface area contributed by atoms with Crippen LogP contribution in [0.3, 0.4) is 0 Å². The van der Waals surface area contributed by atoms with Gasteiger partial charge in [-0.25, -0.2) is 9.63 Å². The molecule has 0 saturated heterocycles. The normalized spacial score (nSPS) is 11.4. The maximum absolute atomic E-state index is 12.3. The SMILES string of the molecule is O=C(Oc1cccc(/C=N/NS(=O)(=O)c2ccc(Cl)cc2)c1)c1ccc(Cl)cc1Cl. The van der Waals surface area contributed by atoms with E-state index in [4.69, 9.17) is 39.5 Å². The number of benzene rings is 3. The molecule has 3 aromatic rings. The Bertz CT molecular complexity index is 1210. The van der Waals surface area contributed by atoms with Crippen LogP contribution in [0.4, 0.5) is 0 Å². The number of esters is 1.